The molecule has 4 heteroatoms. The normalized spacial score (nSPS) is 17.5. The lowest BCUT2D eigenvalue weighted by Gasteiger charge is -2.09. The molecule has 0 N–H and O–H groups in total. The molecule has 76 valence electrons. The molecule has 1 aliphatic heterocycles. The summed E-state index contributed by atoms with van der Waals surface area (Å²) in [5, 5.41) is 8.77. The summed E-state index contributed by atoms with van der Waals surface area (Å²) >= 11 is 0. The molecule has 0 spiro atoms. The standard InChI is InChI=1S/C10H16N4/c1-13(2)8-10(7-11)12-9-14-5-3-4-6-14/h8-9H,3-6H2,1-2H3/b10-8+,12-9?. The summed E-state index contributed by atoms with van der Waals surface area (Å²) in [6.45, 7) is 2.12. The Bertz CT molecular complexity index is 266. The molecular formula is C10H16N4. The third kappa shape index (κ3) is 3.48. The number of likely N-dealkylation sites (tertiary alicyclic amines) is 1. The summed E-state index contributed by atoms with van der Waals surface area (Å²) in [5.74, 6) is 0. The smallest absolute Gasteiger partial charge is 0.157 e. The second kappa shape index (κ2) is 5.28. The van der Waals surface area contributed by atoms with E-state index in [1.54, 1.807) is 12.5 Å². The van der Waals surface area contributed by atoms with E-state index in [4.69, 9.17) is 5.26 Å². The summed E-state index contributed by atoms with van der Waals surface area (Å²) in [4.78, 5) is 8.08. The minimum Gasteiger partial charge on any atom is -0.381 e. The molecule has 0 bridgehead atoms. The van der Waals surface area contributed by atoms with Crippen LogP contribution in [0.1, 0.15) is 12.8 Å². The lowest BCUT2D eigenvalue weighted by atomic mass is 10.4. The fourth-order valence-electron chi connectivity index (χ4n) is 1.34. The number of aliphatic imine (C=N–C) groups is 1. The summed E-state index contributed by atoms with van der Waals surface area (Å²) in [6, 6.07) is 2.05. The maximum atomic E-state index is 8.77. The highest BCUT2D eigenvalue weighted by atomic mass is 15.2. The van der Waals surface area contributed by atoms with Crippen LogP contribution in [0.15, 0.2) is 16.9 Å². The van der Waals surface area contributed by atoms with Crippen LogP contribution in [0.5, 0.6) is 0 Å². The lowest BCUT2D eigenvalue weighted by molar-refractivity contribution is 0.534. The molecule has 0 atom stereocenters. The SMILES string of the molecule is CN(C)/C=C(\C#N)N=CN1CCCC1. The number of nitriles is 1. The quantitative estimate of drug-likeness (QED) is 0.381. The maximum absolute atomic E-state index is 8.77. The van der Waals surface area contributed by atoms with E-state index < -0.39 is 0 Å². The summed E-state index contributed by atoms with van der Waals surface area (Å²) in [5.41, 5.74) is 0.446. The number of hydrogen-bond acceptors (Lipinski definition) is 3. The number of rotatable bonds is 3. The van der Waals surface area contributed by atoms with E-state index in [0.29, 0.717) is 5.70 Å². The molecule has 0 aromatic rings. The predicted molar refractivity (Wildman–Crippen MR) is 56.7 cm³/mol. The van der Waals surface area contributed by atoms with E-state index >= 15 is 0 Å². The van der Waals surface area contributed by atoms with Gasteiger partial charge in [0.15, 0.2) is 5.70 Å². The van der Waals surface area contributed by atoms with Crippen molar-refractivity contribution in [2.45, 2.75) is 12.8 Å². The fraction of sp³-hybridized carbons (Fsp3) is 0.600. The second-order valence-electron chi connectivity index (χ2n) is 3.58. The zero-order chi connectivity index (χ0) is 10.4. The van der Waals surface area contributed by atoms with Crippen molar-refractivity contribution in [1.82, 2.24) is 9.80 Å². The maximum Gasteiger partial charge on any atom is 0.157 e. The zero-order valence-corrected chi connectivity index (χ0v) is 8.77. The van der Waals surface area contributed by atoms with E-state index in [-0.39, 0.29) is 0 Å². The molecule has 1 fully saturated rings. The third-order valence-corrected chi connectivity index (χ3v) is 2.00. The van der Waals surface area contributed by atoms with Gasteiger partial charge >= 0.3 is 0 Å². The minimum atomic E-state index is 0.446. The Labute approximate surface area is 85.1 Å². The van der Waals surface area contributed by atoms with Crippen LogP contribution < -0.4 is 0 Å². The van der Waals surface area contributed by atoms with Gasteiger partial charge in [-0.3, -0.25) is 0 Å². The molecule has 0 saturated carbocycles. The molecule has 4 nitrogen and oxygen atoms in total. The lowest BCUT2D eigenvalue weighted by Crippen LogP contribution is -2.16. The Hall–Kier alpha value is -1.50. The van der Waals surface area contributed by atoms with Crippen molar-refractivity contribution in [1.29, 1.82) is 5.26 Å². The van der Waals surface area contributed by atoms with Gasteiger partial charge in [0.25, 0.3) is 0 Å². The molecule has 0 aromatic carbocycles. The first kappa shape index (κ1) is 10.6. The van der Waals surface area contributed by atoms with Crippen LogP contribution in [0, 0.1) is 11.3 Å². The summed E-state index contributed by atoms with van der Waals surface area (Å²) in [7, 11) is 3.76. The van der Waals surface area contributed by atoms with Gasteiger partial charge in [-0.15, -0.1) is 0 Å². The molecule has 1 saturated heterocycles. The van der Waals surface area contributed by atoms with Crippen LogP contribution in [-0.2, 0) is 0 Å². The summed E-state index contributed by atoms with van der Waals surface area (Å²) < 4.78 is 0. The van der Waals surface area contributed by atoms with E-state index in [1.807, 2.05) is 19.0 Å². The van der Waals surface area contributed by atoms with Crippen LogP contribution in [-0.4, -0.2) is 43.3 Å². The predicted octanol–water partition coefficient (Wildman–Crippen LogP) is 1.04. The van der Waals surface area contributed by atoms with Crippen molar-refractivity contribution < 1.29 is 0 Å². The second-order valence-corrected chi connectivity index (χ2v) is 3.58. The number of allylic oxidation sites excluding steroid dienone is 1. The van der Waals surface area contributed by atoms with Gasteiger partial charge in [0.2, 0.25) is 0 Å². The summed E-state index contributed by atoms with van der Waals surface area (Å²) in [6.07, 6.45) is 5.94. The van der Waals surface area contributed by atoms with Crippen molar-refractivity contribution >= 4 is 6.34 Å². The third-order valence-electron chi connectivity index (χ3n) is 2.00. The first-order valence-electron chi connectivity index (χ1n) is 4.79. The highest BCUT2D eigenvalue weighted by molar-refractivity contribution is 5.58. The molecule has 0 amide bonds. The van der Waals surface area contributed by atoms with Crippen molar-refractivity contribution in [2.24, 2.45) is 4.99 Å². The van der Waals surface area contributed by atoms with E-state index in [2.05, 4.69) is 16.0 Å². The van der Waals surface area contributed by atoms with Gasteiger partial charge in [-0.2, -0.15) is 5.26 Å². The Kier molecular flexibility index (Phi) is 3.99. The number of nitrogens with zero attached hydrogens (tertiary/aromatic N) is 4. The van der Waals surface area contributed by atoms with Gasteiger partial charge in [0.1, 0.15) is 6.07 Å². The highest BCUT2D eigenvalue weighted by Gasteiger charge is 2.06. The van der Waals surface area contributed by atoms with Gasteiger partial charge in [0.05, 0.1) is 6.34 Å². The van der Waals surface area contributed by atoms with E-state index in [0.717, 1.165) is 13.1 Å². The van der Waals surface area contributed by atoms with Crippen LogP contribution >= 0.6 is 0 Å². The van der Waals surface area contributed by atoms with Gasteiger partial charge < -0.3 is 9.80 Å². The van der Waals surface area contributed by atoms with Crippen LogP contribution in [0.4, 0.5) is 0 Å². The van der Waals surface area contributed by atoms with Crippen LogP contribution in [0.3, 0.4) is 0 Å². The van der Waals surface area contributed by atoms with E-state index in [1.165, 1.54) is 12.8 Å². The Balaban J connectivity index is 2.51. The van der Waals surface area contributed by atoms with E-state index in [9.17, 15) is 0 Å². The fourth-order valence-corrected chi connectivity index (χ4v) is 1.34. The molecule has 0 radical (unpaired) electrons. The first-order chi connectivity index (χ1) is 6.72. The van der Waals surface area contributed by atoms with Crippen LogP contribution in [0.25, 0.3) is 0 Å². The molecule has 0 unspecified atom stereocenters. The minimum absolute atomic E-state index is 0.446. The van der Waals surface area contributed by atoms with Crippen molar-refractivity contribution in [2.75, 3.05) is 27.2 Å². The first-order valence-corrected chi connectivity index (χ1v) is 4.79. The van der Waals surface area contributed by atoms with Crippen molar-refractivity contribution in [3.05, 3.63) is 11.9 Å². The average molecular weight is 192 g/mol. The number of hydrogen-bond donors (Lipinski definition) is 0. The van der Waals surface area contributed by atoms with Crippen LogP contribution in [0.2, 0.25) is 0 Å². The Morgan fingerprint density at radius 2 is 2.07 bits per heavy atom. The monoisotopic (exact) mass is 192 g/mol. The molecule has 0 aliphatic carbocycles. The van der Waals surface area contributed by atoms with Crippen molar-refractivity contribution in [3.63, 3.8) is 0 Å². The Morgan fingerprint density at radius 3 is 2.57 bits per heavy atom. The molecule has 14 heavy (non-hydrogen) atoms. The van der Waals surface area contributed by atoms with Gasteiger partial charge in [0, 0.05) is 33.4 Å². The molecule has 1 heterocycles. The van der Waals surface area contributed by atoms with Crippen molar-refractivity contribution in [3.8, 4) is 6.07 Å². The highest BCUT2D eigenvalue weighted by Crippen LogP contribution is 2.05. The molecular weight excluding hydrogens is 176 g/mol. The molecule has 0 aromatic heterocycles. The molecule has 1 rings (SSSR count). The largest absolute Gasteiger partial charge is 0.381 e. The topological polar surface area (TPSA) is 42.6 Å². The molecule has 1 aliphatic rings. The Morgan fingerprint density at radius 1 is 1.43 bits per heavy atom. The average Bonchev–Trinajstić information content (AvgIpc) is 2.64. The zero-order valence-electron chi connectivity index (χ0n) is 8.77. The van der Waals surface area contributed by atoms with Gasteiger partial charge in [-0.1, -0.05) is 0 Å². The van der Waals surface area contributed by atoms with Gasteiger partial charge in [-0.25, -0.2) is 4.99 Å². The van der Waals surface area contributed by atoms with Gasteiger partial charge in [-0.05, 0) is 12.8 Å².